The molecular weight excluding hydrogens is 620 g/mol. The number of hydrogen-bond donors (Lipinski definition) is 1. The van der Waals surface area contributed by atoms with E-state index < -0.39 is 0 Å². The highest BCUT2D eigenvalue weighted by atomic mass is 79.9. The first-order valence-electron chi connectivity index (χ1n) is 12.9. The molecule has 8 nitrogen and oxygen atoms in total. The summed E-state index contributed by atoms with van der Waals surface area (Å²) in [6.45, 7) is 1.73. The smallest absolute Gasteiger partial charge is 0.282 e. The number of nitrogens with one attached hydrogen (secondary N) is 1. The molecule has 10 heteroatoms. The molecule has 0 aliphatic carbocycles. The number of halogens is 2. The Balaban J connectivity index is 1.35. The molecule has 0 aliphatic rings. The zero-order valence-electron chi connectivity index (χ0n) is 22.2. The van der Waals surface area contributed by atoms with Crippen molar-refractivity contribution in [2.75, 3.05) is 11.9 Å². The van der Waals surface area contributed by atoms with Crippen molar-refractivity contribution in [3.8, 4) is 17.3 Å². The van der Waals surface area contributed by atoms with Gasteiger partial charge in [-0.15, -0.1) is 0 Å². The van der Waals surface area contributed by atoms with E-state index in [0.717, 1.165) is 15.4 Å². The normalized spacial score (nSPS) is 11.4. The van der Waals surface area contributed by atoms with Crippen molar-refractivity contribution >= 4 is 67.2 Å². The van der Waals surface area contributed by atoms with Gasteiger partial charge in [0.15, 0.2) is 12.4 Å². The van der Waals surface area contributed by atoms with Crippen LogP contribution in [0.4, 0.5) is 5.69 Å². The highest BCUT2D eigenvalue weighted by Crippen LogP contribution is 2.29. The molecular formula is C32H22BrClN4O4. The van der Waals surface area contributed by atoms with Crippen LogP contribution in [0.25, 0.3) is 33.5 Å². The summed E-state index contributed by atoms with van der Waals surface area (Å²) in [5.41, 5.74) is 2.99. The SMILES string of the molecule is Cc1ccc(NC(=O)COc2ccc(Cl)cc2C=Nn2c(-c3cc4cc(Br)ccc4o3)nc3ccccc3c2=O)cc1. The van der Waals surface area contributed by atoms with Gasteiger partial charge in [-0.3, -0.25) is 9.59 Å². The lowest BCUT2D eigenvalue weighted by Gasteiger charge is -2.11. The number of aromatic nitrogens is 2. The average molecular weight is 642 g/mol. The van der Waals surface area contributed by atoms with Gasteiger partial charge in [0.1, 0.15) is 11.3 Å². The Labute approximate surface area is 253 Å². The maximum atomic E-state index is 13.6. The molecule has 4 aromatic carbocycles. The third-order valence-corrected chi connectivity index (χ3v) is 7.16. The first kappa shape index (κ1) is 27.4. The molecule has 0 unspecified atom stereocenters. The van der Waals surface area contributed by atoms with Crippen LogP contribution < -0.4 is 15.6 Å². The monoisotopic (exact) mass is 640 g/mol. The van der Waals surface area contributed by atoms with Crippen LogP contribution in [0, 0.1) is 6.92 Å². The molecule has 6 aromatic rings. The minimum Gasteiger partial charge on any atom is -0.483 e. The standard InChI is InChI=1S/C32H22BrClN4O4/c1-19-6-10-24(11-7-19)36-30(39)18-41-27-13-9-23(34)15-21(27)17-35-38-31(37-26-5-3-2-4-25(26)32(38)40)29-16-20-14-22(33)8-12-28(20)42-29/h2-17H,18H2,1H3,(H,36,39). The molecule has 1 amide bonds. The number of benzene rings is 4. The predicted molar refractivity (Wildman–Crippen MR) is 169 cm³/mol. The largest absolute Gasteiger partial charge is 0.483 e. The highest BCUT2D eigenvalue weighted by Gasteiger charge is 2.17. The molecule has 2 aromatic heterocycles. The van der Waals surface area contributed by atoms with Gasteiger partial charge in [0.2, 0.25) is 5.82 Å². The second-order valence-corrected chi connectivity index (χ2v) is 10.8. The number of anilines is 1. The van der Waals surface area contributed by atoms with Gasteiger partial charge in [0, 0.05) is 26.1 Å². The third kappa shape index (κ3) is 5.83. The fourth-order valence-corrected chi connectivity index (χ4v) is 4.92. The molecule has 0 bridgehead atoms. The van der Waals surface area contributed by atoms with Crippen molar-refractivity contribution in [3.05, 3.63) is 122 Å². The van der Waals surface area contributed by atoms with Gasteiger partial charge in [0.25, 0.3) is 11.5 Å². The van der Waals surface area contributed by atoms with Crippen LogP contribution in [-0.2, 0) is 4.79 Å². The maximum absolute atomic E-state index is 13.6. The molecule has 0 atom stereocenters. The molecule has 208 valence electrons. The maximum Gasteiger partial charge on any atom is 0.282 e. The van der Waals surface area contributed by atoms with E-state index >= 15 is 0 Å². The van der Waals surface area contributed by atoms with E-state index in [4.69, 9.17) is 25.7 Å². The number of ether oxygens (including phenoxy) is 1. The van der Waals surface area contributed by atoms with E-state index in [1.54, 1.807) is 36.4 Å². The quantitative estimate of drug-likeness (QED) is 0.183. The number of fused-ring (bicyclic) bond motifs is 2. The summed E-state index contributed by atoms with van der Waals surface area (Å²) in [4.78, 5) is 30.9. The molecule has 1 N–H and O–H groups in total. The summed E-state index contributed by atoms with van der Waals surface area (Å²) in [5.74, 6) is 0.632. The van der Waals surface area contributed by atoms with E-state index in [-0.39, 0.29) is 23.9 Å². The number of hydrogen-bond acceptors (Lipinski definition) is 6. The van der Waals surface area contributed by atoms with Crippen molar-refractivity contribution in [2.24, 2.45) is 5.10 Å². The van der Waals surface area contributed by atoms with E-state index in [2.05, 4.69) is 26.3 Å². The van der Waals surface area contributed by atoms with Crippen molar-refractivity contribution in [3.63, 3.8) is 0 Å². The van der Waals surface area contributed by atoms with Crippen molar-refractivity contribution < 1.29 is 13.9 Å². The highest BCUT2D eigenvalue weighted by molar-refractivity contribution is 9.10. The van der Waals surface area contributed by atoms with E-state index in [1.165, 1.54) is 10.9 Å². The Kier molecular flexibility index (Phi) is 7.60. The fourth-order valence-electron chi connectivity index (χ4n) is 4.36. The number of nitrogens with zero attached hydrogens (tertiary/aromatic N) is 3. The van der Waals surface area contributed by atoms with E-state index in [0.29, 0.717) is 44.3 Å². The minimum absolute atomic E-state index is 0.226. The van der Waals surface area contributed by atoms with Crippen LogP contribution in [0.2, 0.25) is 5.02 Å². The van der Waals surface area contributed by atoms with Crippen LogP contribution in [0.1, 0.15) is 11.1 Å². The molecule has 0 saturated carbocycles. The van der Waals surface area contributed by atoms with Gasteiger partial charge in [-0.1, -0.05) is 57.4 Å². The number of para-hydroxylation sites is 1. The molecule has 0 saturated heterocycles. The Morgan fingerprint density at radius 2 is 1.88 bits per heavy atom. The molecule has 0 spiro atoms. The Bertz CT molecular complexity index is 2050. The zero-order valence-corrected chi connectivity index (χ0v) is 24.5. The number of amides is 1. The molecule has 0 aliphatic heterocycles. The minimum atomic E-state index is -0.379. The Hall–Kier alpha value is -4.73. The van der Waals surface area contributed by atoms with Gasteiger partial charge in [-0.2, -0.15) is 9.78 Å². The second kappa shape index (κ2) is 11.6. The number of aryl methyl sites for hydroxylation is 1. The lowest BCUT2D eigenvalue weighted by atomic mass is 10.2. The van der Waals surface area contributed by atoms with Crippen LogP contribution >= 0.6 is 27.5 Å². The topological polar surface area (TPSA) is 98.7 Å². The Morgan fingerprint density at radius 3 is 2.71 bits per heavy atom. The van der Waals surface area contributed by atoms with Crippen LogP contribution in [0.15, 0.2) is 110 Å². The predicted octanol–water partition coefficient (Wildman–Crippen LogP) is 7.43. The van der Waals surface area contributed by atoms with Crippen LogP contribution in [-0.4, -0.2) is 28.4 Å². The summed E-state index contributed by atoms with van der Waals surface area (Å²) >= 11 is 9.76. The Morgan fingerprint density at radius 1 is 1.07 bits per heavy atom. The van der Waals surface area contributed by atoms with Gasteiger partial charge in [0.05, 0.1) is 17.1 Å². The zero-order chi connectivity index (χ0) is 29.2. The van der Waals surface area contributed by atoms with Gasteiger partial charge in [-0.05, 0) is 73.7 Å². The summed E-state index contributed by atoms with van der Waals surface area (Å²) in [6.07, 6.45) is 1.44. The molecule has 6 rings (SSSR count). The summed E-state index contributed by atoms with van der Waals surface area (Å²) in [5, 5.41) is 8.97. The summed E-state index contributed by atoms with van der Waals surface area (Å²) in [6, 6.07) is 26.8. The number of carbonyl (C=O) groups is 1. The van der Waals surface area contributed by atoms with Gasteiger partial charge < -0.3 is 14.5 Å². The summed E-state index contributed by atoms with van der Waals surface area (Å²) < 4.78 is 14.0. The molecule has 0 fully saturated rings. The lowest BCUT2D eigenvalue weighted by molar-refractivity contribution is -0.118. The summed E-state index contributed by atoms with van der Waals surface area (Å²) in [7, 11) is 0. The van der Waals surface area contributed by atoms with Crippen LogP contribution in [0.5, 0.6) is 5.75 Å². The average Bonchev–Trinajstić information content (AvgIpc) is 3.40. The fraction of sp³-hybridized carbons (Fsp3) is 0.0625. The number of rotatable bonds is 7. The van der Waals surface area contributed by atoms with Crippen LogP contribution in [0.3, 0.4) is 0 Å². The van der Waals surface area contributed by atoms with Crippen molar-refractivity contribution in [1.82, 2.24) is 9.66 Å². The first-order valence-corrected chi connectivity index (χ1v) is 14.1. The van der Waals surface area contributed by atoms with Crippen molar-refractivity contribution in [2.45, 2.75) is 6.92 Å². The second-order valence-electron chi connectivity index (χ2n) is 9.49. The first-order chi connectivity index (χ1) is 20.3. The van der Waals surface area contributed by atoms with Crippen molar-refractivity contribution in [1.29, 1.82) is 0 Å². The third-order valence-electron chi connectivity index (χ3n) is 6.43. The number of furan rings is 1. The van der Waals surface area contributed by atoms with Gasteiger partial charge in [-0.25, -0.2) is 4.98 Å². The number of carbonyl (C=O) groups excluding carboxylic acids is 1. The molecule has 42 heavy (non-hydrogen) atoms. The van der Waals surface area contributed by atoms with E-state index in [1.807, 2.05) is 61.5 Å². The molecule has 0 radical (unpaired) electrons. The van der Waals surface area contributed by atoms with E-state index in [9.17, 15) is 9.59 Å². The van der Waals surface area contributed by atoms with Gasteiger partial charge >= 0.3 is 0 Å². The molecule has 2 heterocycles. The lowest BCUT2D eigenvalue weighted by Crippen LogP contribution is -2.21.